The van der Waals surface area contributed by atoms with Gasteiger partial charge in [-0.3, -0.25) is 0 Å². The van der Waals surface area contributed by atoms with E-state index in [2.05, 4.69) is 5.32 Å². The zero-order valence-electron chi connectivity index (χ0n) is 11.1. The maximum absolute atomic E-state index is 13.7. The minimum atomic E-state index is -1.13. The highest BCUT2D eigenvalue weighted by atomic mass is 19.1. The van der Waals surface area contributed by atoms with Gasteiger partial charge in [0.25, 0.3) is 0 Å². The Bertz CT molecular complexity index is 599. The van der Waals surface area contributed by atoms with Crippen LogP contribution in [-0.4, -0.2) is 17.6 Å². The zero-order chi connectivity index (χ0) is 14.5. The molecule has 1 atom stereocenters. The summed E-state index contributed by atoms with van der Waals surface area (Å²) in [6.45, 7) is 2.62. The van der Waals surface area contributed by atoms with Crippen molar-refractivity contribution in [2.45, 2.75) is 12.8 Å². The molecule has 0 aliphatic rings. The van der Waals surface area contributed by atoms with Gasteiger partial charge < -0.3 is 10.4 Å². The third-order valence-electron chi connectivity index (χ3n) is 3.18. The lowest BCUT2D eigenvalue weighted by atomic mass is 10.0. The van der Waals surface area contributed by atoms with Gasteiger partial charge in [-0.25, -0.2) is 9.18 Å². The van der Waals surface area contributed by atoms with Gasteiger partial charge in [0, 0.05) is 6.54 Å². The highest BCUT2D eigenvalue weighted by molar-refractivity contribution is 5.88. The van der Waals surface area contributed by atoms with Crippen molar-refractivity contribution in [2.24, 2.45) is 0 Å². The number of halogens is 1. The second-order valence-electron chi connectivity index (χ2n) is 4.69. The highest BCUT2D eigenvalue weighted by Gasteiger charge is 2.10. The molecule has 4 heteroatoms. The number of anilines is 1. The first kappa shape index (κ1) is 14.1. The minimum Gasteiger partial charge on any atom is -0.478 e. The summed E-state index contributed by atoms with van der Waals surface area (Å²) in [5, 5.41) is 11.8. The largest absolute Gasteiger partial charge is 0.478 e. The first-order valence-corrected chi connectivity index (χ1v) is 6.39. The predicted molar refractivity (Wildman–Crippen MR) is 76.7 cm³/mol. The number of carboxylic acids is 1. The monoisotopic (exact) mass is 273 g/mol. The number of rotatable bonds is 5. The Balaban J connectivity index is 2.02. The Morgan fingerprint density at radius 3 is 2.55 bits per heavy atom. The van der Waals surface area contributed by atoms with Crippen molar-refractivity contribution in [2.75, 3.05) is 11.9 Å². The molecule has 1 unspecified atom stereocenters. The number of carboxylic acid groups (broad SMARTS) is 1. The SMILES string of the molecule is CC(CNc1ccc(C(=O)O)cc1F)c1ccccc1. The van der Waals surface area contributed by atoms with Gasteiger partial charge in [-0.15, -0.1) is 0 Å². The number of hydrogen-bond donors (Lipinski definition) is 2. The van der Waals surface area contributed by atoms with Crippen molar-refractivity contribution in [1.82, 2.24) is 0 Å². The second-order valence-corrected chi connectivity index (χ2v) is 4.69. The summed E-state index contributed by atoms with van der Waals surface area (Å²) in [4.78, 5) is 10.7. The minimum absolute atomic E-state index is 0.0517. The van der Waals surface area contributed by atoms with E-state index in [1.165, 1.54) is 17.7 Å². The molecule has 0 fully saturated rings. The van der Waals surface area contributed by atoms with Crippen LogP contribution in [0.3, 0.4) is 0 Å². The molecule has 104 valence electrons. The molecule has 0 amide bonds. The van der Waals surface area contributed by atoms with Crippen LogP contribution in [0, 0.1) is 5.82 Å². The van der Waals surface area contributed by atoms with Crippen LogP contribution in [0.4, 0.5) is 10.1 Å². The summed E-state index contributed by atoms with van der Waals surface area (Å²) in [5.74, 6) is -1.45. The number of hydrogen-bond acceptors (Lipinski definition) is 2. The van der Waals surface area contributed by atoms with E-state index < -0.39 is 11.8 Å². The summed E-state index contributed by atoms with van der Waals surface area (Å²) < 4.78 is 13.7. The summed E-state index contributed by atoms with van der Waals surface area (Å²) in [6, 6.07) is 13.8. The van der Waals surface area contributed by atoms with Crippen molar-refractivity contribution >= 4 is 11.7 Å². The molecule has 0 bridgehead atoms. The van der Waals surface area contributed by atoms with E-state index in [1.807, 2.05) is 37.3 Å². The Morgan fingerprint density at radius 1 is 1.25 bits per heavy atom. The lowest BCUT2D eigenvalue weighted by Crippen LogP contribution is -2.11. The van der Waals surface area contributed by atoms with Crippen molar-refractivity contribution in [1.29, 1.82) is 0 Å². The molecule has 0 aliphatic carbocycles. The maximum atomic E-state index is 13.7. The van der Waals surface area contributed by atoms with Crippen molar-refractivity contribution < 1.29 is 14.3 Å². The molecule has 20 heavy (non-hydrogen) atoms. The Morgan fingerprint density at radius 2 is 1.95 bits per heavy atom. The van der Waals surface area contributed by atoms with Gasteiger partial charge in [-0.1, -0.05) is 37.3 Å². The van der Waals surface area contributed by atoms with Crippen LogP contribution in [0.15, 0.2) is 48.5 Å². The van der Waals surface area contributed by atoms with E-state index in [9.17, 15) is 9.18 Å². The van der Waals surface area contributed by atoms with E-state index in [0.717, 1.165) is 6.07 Å². The van der Waals surface area contributed by atoms with Crippen LogP contribution in [-0.2, 0) is 0 Å². The van der Waals surface area contributed by atoms with E-state index in [4.69, 9.17) is 5.11 Å². The molecule has 2 rings (SSSR count). The molecule has 3 nitrogen and oxygen atoms in total. The first-order valence-electron chi connectivity index (χ1n) is 6.39. The van der Waals surface area contributed by atoms with Crippen LogP contribution in [0.25, 0.3) is 0 Å². The summed E-state index contributed by atoms with van der Waals surface area (Å²) >= 11 is 0. The van der Waals surface area contributed by atoms with Gasteiger partial charge in [-0.2, -0.15) is 0 Å². The van der Waals surface area contributed by atoms with E-state index in [0.29, 0.717) is 12.2 Å². The molecule has 0 radical (unpaired) electrons. The van der Waals surface area contributed by atoms with Gasteiger partial charge >= 0.3 is 5.97 Å². The first-order chi connectivity index (χ1) is 9.58. The Hall–Kier alpha value is -2.36. The van der Waals surface area contributed by atoms with Gasteiger partial charge in [0.15, 0.2) is 0 Å². The molecule has 2 aromatic carbocycles. The average molecular weight is 273 g/mol. The fourth-order valence-electron chi connectivity index (χ4n) is 1.95. The van der Waals surface area contributed by atoms with Crippen molar-refractivity contribution in [3.63, 3.8) is 0 Å². The smallest absolute Gasteiger partial charge is 0.335 e. The summed E-state index contributed by atoms with van der Waals surface area (Å²) in [5.41, 5.74) is 1.43. The molecule has 0 saturated heterocycles. The van der Waals surface area contributed by atoms with E-state index >= 15 is 0 Å². The average Bonchev–Trinajstić information content (AvgIpc) is 2.46. The number of aromatic carboxylic acids is 1. The van der Waals surface area contributed by atoms with Gasteiger partial charge in [0.2, 0.25) is 0 Å². The van der Waals surface area contributed by atoms with Crippen LogP contribution < -0.4 is 5.32 Å². The van der Waals surface area contributed by atoms with E-state index in [-0.39, 0.29) is 11.5 Å². The molecule has 0 saturated carbocycles. The lowest BCUT2D eigenvalue weighted by Gasteiger charge is -2.14. The van der Waals surface area contributed by atoms with Crippen molar-refractivity contribution in [3.05, 3.63) is 65.5 Å². The maximum Gasteiger partial charge on any atom is 0.335 e. The van der Waals surface area contributed by atoms with Gasteiger partial charge in [-0.05, 0) is 29.7 Å². The van der Waals surface area contributed by atoms with Crippen LogP contribution in [0.1, 0.15) is 28.8 Å². The Labute approximate surface area is 117 Å². The normalized spacial score (nSPS) is 11.9. The lowest BCUT2D eigenvalue weighted by molar-refractivity contribution is 0.0696. The molecule has 0 aromatic heterocycles. The van der Waals surface area contributed by atoms with Crippen LogP contribution in [0.5, 0.6) is 0 Å². The third-order valence-corrected chi connectivity index (χ3v) is 3.18. The second kappa shape index (κ2) is 6.19. The number of nitrogens with one attached hydrogen (secondary N) is 1. The molecule has 2 aromatic rings. The Kier molecular flexibility index (Phi) is 4.35. The zero-order valence-corrected chi connectivity index (χ0v) is 11.1. The number of carbonyl (C=O) groups is 1. The number of benzene rings is 2. The fourth-order valence-corrected chi connectivity index (χ4v) is 1.95. The molecule has 2 N–H and O–H groups in total. The summed E-state index contributed by atoms with van der Waals surface area (Å²) in [7, 11) is 0. The summed E-state index contributed by atoms with van der Waals surface area (Å²) in [6.07, 6.45) is 0. The third kappa shape index (κ3) is 3.35. The molecule has 0 spiro atoms. The highest BCUT2D eigenvalue weighted by Crippen LogP contribution is 2.19. The molecule has 0 heterocycles. The fraction of sp³-hybridized carbons (Fsp3) is 0.188. The van der Waals surface area contributed by atoms with E-state index in [1.54, 1.807) is 0 Å². The van der Waals surface area contributed by atoms with Crippen molar-refractivity contribution in [3.8, 4) is 0 Å². The molecular formula is C16H16FNO2. The topological polar surface area (TPSA) is 49.3 Å². The quantitative estimate of drug-likeness (QED) is 0.872. The predicted octanol–water partition coefficient (Wildman–Crippen LogP) is 3.74. The standard InChI is InChI=1S/C16H16FNO2/c1-11(12-5-3-2-4-6-12)10-18-15-8-7-13(16(19)20)9-14(15)17/h2-9,11,18H,10H2,1H3,(H,19,20). The van der Waals surface area contributed by atoms with Gasteiger partial charge in [0.1, 0.15) is 5.82 Å². The van der Waals surface area contributed by atoms with Crippen LogP contribution in [0.2, 0.25) is 0 Å². The van der Waals surface area contributed by atoms with Gasteiger partial charge in [0.05, 0.1) is 11.3 Å². The molecular weight excluding hydrogens is 257 g/mol. The van der Waals surface area contributed by atoms with Crippen LogP contribution >= 0.6 is 0 Å². The molecule has 0 aliphatic heterocycles.